The molecule has 0 bridgehead atoms. The van der Waals surface area contributed by atoms with Crippen LogP contribution in [0, 0.1) is 13.8 Å². The molecule has 0 aliphatic carbocycles. The van der Waals surface area contributed by atoms with Crippen molar-refractivity contribution in [2.75, 3.05) is 11.9 Å². The van der Waals surface area contributed by atoms with E-state index in [9.17, 15) is 4.79 Å². The van der Waals surface area contributed by atoms with E-state index in [2.05, 4.69) is 28.8 Å². The minimum absolute atomic E-state index is 0.0504. The molecule has 0 fully saturated rings. The minimum Gasteiger partial charge on any atom is -0.322 e. The number of hydrogen-bond donors (Lipinski definition) is 2. The number of hydrogen-bond acceptors (Lipinski definition) is 2. The number of anilines is 1. The monoisotopic (exact) mass is 280 g/mol. The van der Waals surface area contributed by atoms with Crippen molar-refractivity contribution in [3.63, 3.8) is 0 Å². The number of benzene rings is 2. The van der Waals surface area contributed by atoms with E-state index >= 15 is 0 Å². The minimum atomic E-state index is -0.0504. The summed E-state index contributed by atoms with van der Waals surface area (Å²) in [6, 6.07) is 12.1. The number of carbonyl (C=O) groups is 1. The van der Waals surface area contributed by atoms with Crippen molar-refractivity contribution < 1.29 is 4.79 Å². The first-order valence-electron chi connectivity index (χ1n) is 7.34. The highest BCUT2D eigenvalue weighted by Gasteiger charge is 2.11. The SMILES string of the molecule is Cc1cc(C)cc(C(=O)Nc2ccc3c(c2)CNCC3)c1. The van der Waals surface area contributed by atoms with Crippen LogP contribution >= 0.6 is 0 Å². The van der Waals surface area contributed by atoms with Gasteiger partial charge in [-0.15, -0.1) is 0 Å². The molecular formula is C18H20N2O. The van der Waals surface area contributed by atoms with Crippen molar-refractivity contribution in [2.45, 2.75) is 26.8 Å². The number of rotatable bonds is 2. The van der Waals surface area contributed by atoms with E-state index in [0.29, 0.717) is 5.56 Å². The van der Waals surface area contributed by atoms with Crippen LogP contribution in [0.2, 0.25) is 0 Å². The van der Waals surface area contributed by atoms with E-state index < -0.39 is 0 Å². The van der Waals surface area contributed by atoms with Gasteiger partial charge >= 0.3 is 0 Å². The van der Waals surface area contributed by atoms with Gasteiger partial charge in [-0.3, -0.25) is 4.79 Å². The molecule has 0 unspecified atom stereocenters. The number of amides is 1. The van der Waals surface area contributed by atoms with Crippen molar-refractivity contribution >= 4 is 11.6 Å². The van der Waals surface area contributed by atoms with Gasteiger partial charge in [0, 0.05) is 17.8 Å². The molecule has 0 saturated carbocycles. The molecule has 0 saturated heterocycles. The van der Waals surface area contributed by atoms with Crippen LogP contribution in [-0.4, -0.2) is 12.5 Å². The lowest BCUT2D eigenvalue weighted by atomic mass is 10.0. The average molecular weight is 280 g/mol. The largest absolute Gasteiger partial charge is 0.322 e. The van der Waals surface area contributed by atoms with Crippen LogP contribution in [0.25, 0.3) is 0 Å². The number of nitrogens with one attached hydrogen (secondary N) is 2. The lowest BCUT2D eigenvalue weighted by molar-refractivity contribution is 0.102. The molecule has 1 aliphatic heterocycles. The fourth-order valence-electron chi connectivity index (χ4n) is 2.87. The molecule has 2 aromatic carbocycles. The molecule has 0 spiro atoms. The smallest absolute Gasteiger partial charge is 0.255 e. The molecule has 0 atom stereocenters. The topological polar surface area (TPSA) is 41.1 Å². The molecule has 1 aliphatic rings. The standard InChI is InChI=1S/C18H20N2O/c1-12-7-13(2)9-15(8-12)18(21)20-17-4-3-14-5-6-19-11-16(14)10-17/h3-4,7-10,19H,5-6,11H2,1-2H3,(H,20,21). The first-order chi connectivity index (χ1) is 10.1. The summed E-state index contributed by atoms with van der Waals surface area (Å²) in [5.74, 6) is -0.0504. The Kier molecular flexibility index (Phi) is 3.76. The summed E-state index contributed by atoms with van der Waals surface area (Å²) in [4.78, 5) is 12.4. The van der Waals surface area contributed by atoms with Gasteiger partial charge in [0.05, 0.1) is 0 Å². The Morgan fingerprint density at radius 1 is 1.05 bits per heavy atom. The Balaban J connectivity index is 1.81. The predicted octanol–water partition coefficient (Wildman–Crippen LogP) is 3.20. The van der Waals surface area contributed by atoms with Crippen molar-refractivity contribution in [3.8, 4) is 0 Å². The number of carbonyl (C=O) groups excluding carboxylic acids is 1. The molecule has 1 heterocycles. The summed E-state index contributed by atoms with van der Waals surface area (Å²) >= 11 is 0. The lowest BCUT2D eigenvalue weighted by Crippen LogP contribution is -2.23. The van der Waals surface area contributed by atoms with E-state index in [1.165, 1.54) is 11.1 Å². The maximum absolute atomic E-state index is 12.4. The third-order valence-corrected chi connectivity index (χ3v) is 3.83. The first kappa shape index (κ1) is 13.8. The van der Waals surface area contributed by atoms with E-state index in [1.807, 2.05) is 32.0 Å². The van der Waals surface area contributed by atoms with Gasteiger partial charge in [0.25, 0.3) is 5.91 Å². The summed E-state index contributed by atoms with van der Waals surface area (Å²) in [5.41, 5.74) is 6.44. The van der Waals surface area contributed by atoms with Crippen LogP contribution < -0.4 is 10.6 Å². The lowest BCUT2D eigenvalue weighted by Gasteiger charge is -2.18. The number of aryl methyl sites for hydroxylation is 2. The second-order valence-electron chi connectivity index (χ2n) is 5.74. The Hall–Kier alpha value is -2.13. The highest BCUT2D eigenvalue weighted by molar-refractivity contribution is 6.04. The summed E-state index contributed by atoms with van der Waals surface area (Å²) in [7, 11) is 0. The fraction of sp³-hybridized carbons (Fsp3) is 0.278. The van der Waals surface area contributed by atoms with E-state index in [4.69, 9.17) is 0 Å². The Labute approximate surface area is 125 Å². The Morgan fingerprint density at radius 3 is 2.57 bits per heavy atom. The van der Waals surface area contributed by atoms with E-state index in [1.54, 1.807) is 0 Å². The molecule has 0 aromatic heterocycles. The molecule has 1 amide bonds. The van der Waals surface area contributed by atoms with Gasteiger partial charge in [0.1, 0.15) is 0 Å². The Bertz CT molecular complexity index is 671. The maximum Gasteiger partial charge on any atom is 0.255 e. The quantitative estimate of drug-likeness (QED) is 0.887. The van der Waals surface area contributed by atoms with Crippen LogP contribution in [0.5, 0.6) is 0 Å². The zero-order valence-electron chi connectivity index (χ0n) is 12.5. The highest BCUT2D eigenvalue weighted by atomic mass is 16.1. The predicted molar refractivity (Wildman–Crippen MR) is 85.7 cm³/mol. The van der Waals surface area contributed by atoms with Crippen molar-refractivity contribution in [1.82, 2.24) is 5.32 Å². The summed E-state index contributed by atoms with van der Waals surface area (Å²) in [5, 5.41) is 6.35. The van der Waals surface area contributed by atoms with Crippen LogP contribution in [-0.2, 0) is 13.0 Å². The first-order valence-corrected chi connectivity index (χ1v) is 7.34. The van der Waals surface area contributed by atoms with E-state index in [0.717, 1.165) is 36.3 Å². The van der Waals surface area contributed by atoms with Gasteiger partial charge < -0.3 is 10.6 Å². The maximum atomic E-state index is 12.4. The van der Waals surface area contributed by atoms with Gasteiger partial charge in [0.2, 0.25) is 0 Å². The van der Waals surface area contributed by atoms with Gasteiger partial charge in [-0.2, -0.15) is 0 Å². The fourth-order valence-corrected chi connectivity index (χ4v) is 2.87. The summed E-state index contributed by atoms with van der Waals surface area (Å²) in [6.45, 7) is 5.92. The van der Waals surface area contributed by atoms with Gasteiger partial charge in [-0.05, 0) is 62.2 Å². The highest BCUT2D eigenvalue weighted by Crippen LogP contribution is 2.20. The molecule has 3 rings (SSSR count). The molecule has 2 aromatic rings. The normalized spacial score (nSPS) is 13.6. The Morgan fingerprint density at radius 2 is 1.81 bits per heavy atom. The summed E-state index contributed by atoms with van der Waals surface area (Å²) in [6.07, 6.45) is 1.06. The zero-order valence-corrected chi connectivity index (χ0v) is 12.5. The average Bonchev–Trinajstić information content (AvgIpc) is 2.46. The second kappa shape index (κ2) is 5.70. The zero-order chi connectivity index (χ0) is 14.8. The summed E-state index contributed by atoms with van der Waals surface area (Å²) < 4.78 is 0. The molecule has 3 nitrogen and oxygen atoms in total. The van der Waals surface area contributed by atoms with Crippen LogP contribution in [0.4, 0.5) is 5.69 Å². The molecule has 21 heavy (non-hydrogen) atoms. The van der Waals surface area contributed by atoms with Gasteiger partial charge in [0.15, 0.2) is 0 Å². The molecule has 3 heteroatoms. The van der Waals surface area contributed by atoms with Crippen molar-refractivity contribution in [3.05, 3.63) is 64.2 Å². The van der Waals surface area contributed by atoms with Crippen molar-refractivity contribution in [2.24, 2.45) is 0 Å². The number of fused-ring (bicyclic) bond motifs is 1. The van der Waals surface area contributed by atoms with Crippen LogP contribution in [0.15, 0.2) is 36.4 Å². The second-order valence-corrected chi connectivity index (χ2v) is 5.74. The third-order valence-electron chi connectivity index (χ3n) is 3.83. The molecule has 108 valence electrons. The molecule has 0 radical (unpaired) electrons. The van der Waals surface area contributed by atoms with Crippen LogP contribution in [0.3, 0.4) is 0 Å². The van der Waals surface area contributed by atoms with Gasteiger partial charge in [-0.1, -0.05) is 23.3 Å². The third kappa shape index (κ3) is 3.14. The molecular weight excluding hydrogens is 260 g/mol. The van der Waals surface area contributed by atoms with Crippen LogP contribution in [0.1, 0.15) is 32.6 Å². The molecule has 2 N–H and O–H groups in total. The van der Waals surface area contributed by atoms with Crippen molar-refractivity contribution in [1.29, 1.82) is 0 Å². The van der Waals surface area contributed by atoms with E-state index in [-0.39, 0.29) is 5.91 Å². The van der Waals surface area contributed by atoms with Gasteiger partial charge in [-0.25, -0.2) is 0 Å².